The first kappa shape index (κ1) is 16.8. The Hall–Kier alpha value is -3.01. The fraction of sp³-hybridized carbons (Fsp3) is 0.190. The minimum Gasteiger partial charge on any atom is -0.497 e. The fourth-order valence-electron chi connectivity index (χ4n) is 2.53. The van der Waals surface area contributed by atoms with Crippen molar-refractivity contribution in [3.05, 3.63) is 66.2 Å². The summed E-state index contributed by atoms with van der Waals surface area (Å²) in [5, 5.41) is 1.99. The van der Waals surface area contributed by atoms with Crippen LogP contribution in [0.3, 0.4) is 0 Å². The van der Waals surface area contributed by atoms with Crippen molar-refractivity contribution in [1.29, 1.82) is 0 Å². The summed E-state index contributed by atoms with van der Waals surface area (Å²) in [4.78, 5) is 12.3. The third kappa shape index (κ3) is 4.10. The van der Waals surface area contributed by atoms with Gasteiger partial charge in [0, 0.05) is 0 Å². The topological polar surface area (TPSA) is 44.8 Å². The molecule has 0 radical (unpaired) electrons. The van der Waals surface area contributed by atoms with Gasteiger partial charge in [0.05, 0.1) is 7.11 Å². The SMILES string of the molecule is COc1ccc2ccc(OC(=O)C(C)Oc3cccc(C)c3)cc2c1. The van der Waals surface area contributed by atoms with Gasteiger partial charge in [0.25, 0.3) is 0 Å². The van der Waals surface area contributed by atoms with Crippen molar-refractivity contribution in [2.45, 2.75) is 20.0 Å². The molecule has 3 rings (SSSR count). The van der Waals surface area contributed by atoms with Crippen molar-refractivity contribution >= 4 is 16.7 Å². The molecular weight excluding hydrogens is 316 g/mol. The predicted molar refractivity (Wildman–Crippen MR) is 97.4 cm³/mol. The largest absolute Gasteiger partial charge is 0.497 e. The molecule has 128 valence electrons. The fourth-order valence-corrected chi connectivity index (χ4v) is 2.53. The Morgan fingerprint density at radius 2 is 1.60 bits per heavy atom. The first-order valence-corrected chi connectivity index (χ1v) is 8.08. The van der Waals surface area contributed by atoms with Gasteiger partial charge < -0.3 is 14.2 Å². The van der Waals surface area contributed by atoms with Crippen LogP contribution >= 0.6 is 0 Å². The van der Waals surface area contributed by atoms with E-state index in [0.29, 0.717) is 11.5 Å². The van der Waals surface area contributed by atoms with Gasteiger partial charge in [-0.1, -0.05) is 24.3 Å². The second-order valence-corrected chi connectivity index (χ2v) is 5.87. The molecule has 0 heterocycles. The third-order valence-electron chi connectivity index (χ3n) is 3.87. The van der Waals surface area contributed by atoms with Crippen molar-refractivity contribution in [3.63, 3.8) is 0 Å². The van der Waals surface area contributed by atoms with E-state index in [1.807, 2.05) is 61.5 Å². The van der Waals surface area contributed by atoms with Crippen molar-refractivity contribution < 1.29 is 19.0 Å². The van der Waals surface area contributed by atoms with Gasteiger partial charge in [-0.3, -0.25) is 0 Å². The molecule has 1 atom stereocenters. The minimum absolute atomic E-state index is 0.441. The summed E-state index contributed by atoms with van der Waals surface area (Å²) in [5.74, 6) is 1.44. The van der Waals surface area contributed by atoms with Crippen LogP contribution in [0.5, 0.6) is 17.2 Å². The van der Waals surface area contributed by atoms with E-state index in [1.54, 1.807) is 20.1 Å². The molecule has 4 nitrogen and oxygen atoms in total. The van der Waals surface area contributed by atoms with Crippen LogP contribution in [-0.2, 0) is 4.79 Å². The van der Waals surface area contributed by atoms with Gasteiger partial charge in [0.2, 0.25) is 0 Å². The summed E-state index contributed by atoms with van der Waals surface area (Å²) in [7, 11) is 1.62. The maximum absolute atomic E-state index is 12.3. The molecule has 3 aromatic carbocycles. The van der Waals surface area contributed by atoms with Crippen LogP contribution in [-0.4, -0.2) is 19.2 Å². The van der Waals surface area contributed by atoms with Gasteiger partial charge in [-0.05, 0) is 66.6 Å². The van der Waals surface area contributed by atoms with Gasteiger partial charge >= 0.3 is 5.97 Å². The lowest BCUT2D eigenvalue weighted by atomic mass is 10.1. The van der Waals surface area contributed by atoms with E-state index in [2.05, 4.69) is 0 Å². The summed E-state index contributed by atoms with van der Waals surface area (Å²) in [5.41, 5.74) is 1.07. The molecule has 0 amide bonds. The second kappa shape index (κ2) is 7.26. The van der Waals surface area contributed by atoms with Crippen LogP contribution in [0.1, 0.15) is 12.5 Å². The Morgan fingerprint density at radius 1 is 0.880 bits per heavy atom. The van der Waals surface area contributed by atoms with Crippen molar-refractivity contribution in [2.75, 3.05) is 7.11 Å². The molecule has 0 aliphatic rings. The van der Waals surface area contributed by atoms with E-state index in [9.17, 15) is 4.79 Å². The number of fused-ring (bicyclic) bond motifs is 1. The summed E-state index contributed by atoms with van der Waals surface area (Å²) < 4.78 is 16.3. The highest BCUT2D eigenvalue weighted by molar-refractivity contribution is 5.86. The van der Waals surface area contributed by atoms with Gasteiger partial charge in [0.15, 0.2) is 6.10 Å². The molecule has 4 heteroatoms. The van der Waals surface area contributed by atoms with E-state index in [4.69, 9.17) is 14.2 Å². The van der Waals surface area contributed by atoms with E-state index in [1.165, 1.54) is 0 Å². The Morgan fingerprint density at radius 3 is 2.32 bits per heavy atom. The van der Waals surface area contributed by atoms with Crippen LogP contribution in [0.4, 0.5) is 0 Å². The highest BCUT2D eigenvalue weighted by Gasteiger charge is 2.17. The number of benzene rings is 3. The molecule has 0 saturated carbocycles. The van der Waals surface area contributed by atoms with Crippen molar-refractivity contribution in [3.8, 4) is 17.2 Å². The maximum Gasteiger partial charge on any atom is 0.352 e. The standard InChI is InChI=1S/C21H20O4/c1-14-5-4-6-19(11-14)24-15(2)21(22)25-20-10-8-16-7-9-18(23-3)12-17(16)13-20/h4-13,15H,1-3H3. The number of carbonyl (C=O) groups excluding carboxylic acids is 1. The summed E-state index contributed by atoms with van der Waals surface area (Å²) >= 11 is 0. The molecule has 0 aromatic heterocycles. The van der Waals surface area contributed by atoms with Crippen LogP contribution in [0, 0.1) is 6.92 Å². The predicted octanol–water partition coefficient (Wildman–Crippen LogP) is 4.53. The third-order valence-corrected chi connectivity index (χ3v) is 3.87. The van der Waals surface area contributed by atoms with E-state index < -0.39 is 12.1 Å². The molecule has 0 aliphatic carbocycles. The zero-order chi connectivity index (χ0) is 17.8. The second-order valence-electron chi connectivity index (χ2n) is 5.87. The van der Waals surface area contributed by atoms with E-state index in [0.717, 1.165) is 22.1 Å². The summed E-state index contributed by atoms with van der Waals surface area (Å²) in [6.45, 7) is 3.65. The summed E-state index contributed by atoms with van der Waals surface area (Å²) in [6.07, 6.45) is -0.706. The van der Waals surface area contributed by atoms with Gasteiger partial charge in [-0.2, -0.15) is 0 Å². The van der Waals surface area contributed by atoms with Crippen LogP contribution in [0.15, 0.2) is 60.7 Å². The Bertz CT molecular complexity index is 901. The normalized spacial score (nSPS) is 11.8. The number of esters is 1. The highest BCUT2D eigenvalue weighted by atomic mass is 16.6. The lowest BCUT2D eigenvalue weighted by molar-refractivity contribution is -0.141. The average Bonchev–Trinajstić information content (AvgIpc) is 2.61. The smallest absolute Gasteiger partial charge is 0.352 e. The van der Waals surface area contributed by atoms with Crippen LogP contribution in [0.2, 0.25) is 0 Å². The van der Waals surface area contributed by atoms with E-state index in [-0.39, 0.29) is 0 Å². The number of hydrogen-bond acceptors (Lipinski definition) is 4. The Labute approximate surface area is 146 Å². The molecule has 0 saturated heterocycles. The number of aryl methyl sites for hydroxylation is 1. The summed E-state index contributed by atoms with van der Waals surface area (Å²) in [6, 6.07) is 18.8. The molecule has 0 fully saturated rings. The first-order chi connectivity index (χ1) is 12.0. The molecule has 0 aliphatic heterocycles. The van der Waals surface area contributed by atoms with Gasteiger partial charge in [0.1, 0.15) is 17.2 Å². The molecule has 0 N–H and O–H groups in total. The number of methoxy groups -OCH3 is 1. The highest BCUT2D eigenvalue weighted by Crippen LogP contribution is 2.25. The lowest BCUT2D eigenvalue weighted by Crippen LogP contribution is -2.28. The van der Waals surface area contributed by atoms with Crippen molar-refractivity contribution in [2.24, 2.45) is 0 Å². The van der Waals surface area contributed by atoms with E-state index >= 15 is 0 Å². The molecule has 1 unspecified atom stereocenters. The molecule has 3 aromatic rings. The van der Waals surface area contributed by atoms with Crippen molar-refractivity contribution in [1.82, 2.24) is 0 Å². The minimum atomic E-state index is -0.706. The Balaban J connectivity index is 1.72. The number of carbonyl (C=O) groups is 1. The van der Waals surface area contributed by atoms with Crippen LogP contribution in [0.25, 0.3) is 10.8 Å². The monoisotopic (exact) mass is 336 g/mol. The van der Waals surface area contributed by atoms with Gasteiger partial charge in [-0.25, -0.2) is 4.79 Å². The molecule has 25 heavy (non-hydrogen) atoms. The molecule has 0 spiro atoms. The maximum atomic E-state index is 12.3. The zero-order valence-electron chi connectivity index (χ0n) is 14.5. The zero-order valence-corrected chi connectivity index (χ0v) is 14.5. The number of rotatable bonds is 5. The first-order valence-electron chi connectivity index (χ1n) is 8.08. The number of hydrogen-bond donors (Lipinski definition) is 0. The molecular formula is C21H20O4. The average molecular weight is 336 g/mol. The van der Waals surface area contributed by atoms with Crippen LogP contribution < -0.4 is 14.2 Å². The number of ether oxygens (including phenoxy) is 3. The lowest BCUT2D eigenvalue weighted by Gasteiger charge is -2.14. The quantitative estimate of drug-likeness (QED) is 0.507. The molecule has 0 bridgehead atoms. The van der Waals surface area contributed by atoms with Gasteiger partial charge in [-0.15, -0.1) is 0 Å². The Kier molecular flexibility index (Phi) is 4.89.